The lowest BCUT2D eigenvalue weighted by Crippen LogP contribution is -2.38. The van der Waals surface area contributed by atoms with Gasteiger partial charge in [0, 0.05) is 30.0 Å². The Labute approximate surface area is 199 Å². The summed E-state index contributed by atoms with van der Waals surface area (Å²) in [4.78, 5) is 30.5. The van der Waals surface area contributed by atoms with Gasteiger partial charge in [-0.15, -0.1) is 0 Å². The van der Waals surface area contributed by atoms with Crippen molar-refractivity contribution in [1.82, 2.24) is 9.80 Å². The van der Waals surface area contributed by atoms with E-state index in [1.807, 2.05) is 29.2 Å². The Kier molecular flexibility index (Phi) is 7.98. The number of benzene rings is 2. The number of likely N-dealkylation sites (tertiary alicyclic amines) is 2. The molecule has 0 aromatic heterocycles. The van der Waals surface area contributed by atoms with Gasteiger partial charge in [-0.25, -0.2) is 0 Å². The number of piperidine rings is 1. The molecule has 2 aliphatic rings. The first-order valence-corrected chi connectivity index (χ1v) is 12.6. The van der Waals surface area contributed by atoms with Gasteiger partial charge in [0.1, 0.15) is 0 Å². The van der Waals surface area contributed by atoms with Crippen molar-refractivity contribution in [2.45, 2.75) is 45.1 Å². The maximum absolute atomic E-state index is 13.1. The van der Waals surface area contributed by atoms with Gasteiger partial charge in [-0.2, -0.15) is 0 Å². The second kappa shape index (κ2) is 11.1. The molecule has 2 aliphatic heterocycles. The van der Waals surface area contributed by atoms with Crippen LogP contribution < -0.4 is 5.32 Å². The number of rotatable bonds is 5. The van der Waals surface area contributed by atoms with Gasteiger partial charge in [0.05, 0.1) is 11.3 Å². The Morgan fingerprint density at radius 1 is 0.875 bits per heavy atom. The fourth-order valence-corrected chi connectivity index (χ4v) is 4.92. The predicted molar refractivity (Wildman–Crippen MR) is 132 cm³/mol. The third-order valence-electron chi connectivity index (χ3n) is 6.59. The summed E-state index contributed by atoms with van der Waals surface area (Å²) in [6.07, 6.45) is 6.15. The number of hydrogen-bond acceptors (Lipinski definition) is 3. The van der Waals surface area contributed by atoms with Crippen molar-refractivity contribution in [2.75, 3.05) is 31.5 Å². The summed E-state index contributed by atoms with van der Waals surface area (Å²) in [7, 11) is 0. The van der Waals surface area contributed by atoms with Crippen LogP contribution in [0.1, 0.15) is 54.4 Å². The molecule has 2 heterocycles. The molecule has 2 aromatic rings. The predicted octanol–water partition coefficient (Wildman–Crippen LogP) is 5.32. The lowest BCUT2D eigenvalue weighted by atomic mass is 9.95. The van der Waals surface area contributed by atoms with E-state index in [-0.39, 0.29) is 17.7 Å². The van der Waals surface area contributed by atoms with Crippen LogP contribution in [0.4, 0.5) is 5.69 Å². The van der Waals surface area contributed by atoms with Crippen LogP contribution in [-0.2, 0) is 11.3 Å². The highest BCUT2D eigenvalue weighted by Gasteiger charge is 2.27. The fourth-order valence-electron chi connectivity index (χ4n) is 4.66. The Balaban J connectivity index is 1.33. The molecule has 0 atom stereocenters. The van der Waals surface area contributed by atoms with Crippen molar-refractivity contribution in [1.29, 1.82) is 0 Å². The van der Waals surface area contributed by atoms with Gasteiger partial charge in [-0.1, -0.05) is 53.0 Å². The van der Waals surface area contributed by atoms with Gasteiger partial charge in [0.15, 0.2) is 0 Å². The maximum Gasteiger partial charge on any atom is 0.255 e. The summed E-state index contributed by atoms with van der Waals surface area (Å²) in [5.74, 6) is 0.0500. The highest BCUT2D eigenvalue weighted by Crippen LogP contribution is 2.24. The molecule has 0 radical (unpaired) electrons. The van der Waals surface area contributed by atoms with Crippen LogP contribution in [0.25, 0.3) is 0 Å². The normalized spacial score (nSPS) is 18.2. The first-order valence-electron chi connectivity index (χ1n) is 11.8. The minimum absolute atomic E-state index is 0.0162. The highest BCUT2D eigenvalue weighted by molar-refractivity contribution is 9.10. The summed E-state index contributed by atoms with van der Waals surface area (Å²) >= 11 is 3.48. The molecule has 2 amide bonds. The molecule has 32 heavy (non-hydrogen) atoms. The smallest absolute Gasteiger partial charge is 0.255 e. The Bertz CT molecular complexity index is 915. The molecule has 2 fully saturated rings. The number of halogens is 1. The van der Waals surface area contributed by atoms with E-state index < -0.39 is 0 Å². The molecule has 4 rings (SSSR count). The molecule has 0 unspecified atom stereocenters. The summed E-state index contributed by atoms with van der Waals surface area (Å²) in [5, 5.41) is 3.08. The number of carbonyl (C=O) groups excluding carboxylic acids is 2. The number of nitrogens with one attached hydrogen (secondary N) is 1. The van der Waals surface area contributed by atoms with E-state index >= 15 is 0 Å². The van der Waals surface area contributed by atoms with Crippen molar-refractivity contribution >= 4 is 33.4 Å². The van der Waals surface area contributed by atoms with Crippen molar-refractivity contribution in [3.63, 3.8) is 0 Å². The van der Waals surface area contributed by atoms with Crippen molar-refractivity contribution in [3.8, 4) is 0 Å². The van der Waals surface area contributed by atoms with E-state index in [2.05, 4.69) is 50.4 Å². The largest absolute Gasteiger partial charge is 0.339 e. The van der Waals surface area contributed by atoms with Crippen LogP contribution in [0.5, 0.6) is 0 Å². The number of anilines is 1. The third-order valence-corrected chi connectivity index (χ3v) is 7.12. The van der Waals surface area contributed by atoms with Crippen LogP contribution in [0, 0.1) is 5.92 Å². The molecule has 2 aromatic carbocycles. The first-order chi connectivity index (χ1) is 15.6. The zero-order valence-electron chi connectivity index (χ0n) is 18.6. The van der Waals surface area contributed by atoms with Gasteiger partial charge < -0.3 is 10.2 Å². The quantitative estimate of drug-likeness (QED) is 0.608. The van der Waals surface area contributed by atoms with Crippen molar-refractivity contribution in [3.05, 3.63) is 64.1 Å². The summed E-state index contributed by atoms with van der Waals surface area (Å²) in [6, 6.07) is 15.9. The number of carbonyl (C=O) groups is 2. The number of amides is 2. The van der Waals surface area contributed by atoms with Crippen LogP contribution in [-0.4, -0.2) is 47.8 Å². The number of hydrogen-bond donors (Lipinski definition) is 1. The van der Waals surface area contributed by atoms with E-state index in [1.54, 1.807) is 0 Å². The monoisotopic (exact) mass is 497 g/mol. The van der Waals surface area contributed by atoms with Crippen LogP contribution in [0.2, 0.25) is 0 Å². The highest BCUT2D eigenvalue weighted by atomic mass is 79.9. The number of para-hydroxylation sites is 1. The SMILES string of the molecule is O=C(Nc1ccccc1C(=O)N1CCCCCC1)C1CCN(Cc2ccc(Br)cc2)CC1. The van der Waals surface area contributed by atoms with Gasteiger partial charge >= 0.3 is 0 Å². The van der Waals surface area contributed by atoms with Crippen LogP contribution in [0.3, 0.4) is 0 Å². The lowest BCUT2D eigenvalue weighted by Gasteiger charge is -2.31. The van der Waals surface area contributed by atoms with Crippen molar-refractivity contribution in [2.24, 2.45) is 5.92 Å². The molecule has 0 saturated carbocycles. The average molecular weight is 498 g/mol. The molecule has 0 spiro atoms. The zero-order chi connectivity index (χ0) is 22.3. The fraction of sp³-hybridized carbons (Fsp3) is 0.462. The third kappa shape index (κ3) is 5.99. The van der Waals surface area contributed by atoms with Gasteiger partial charge in [0.25, 0.3) is 5.91 Å². The minimum atomic E-state index is -0.0162. The second-order valence-corrected chi connectivity index (χ2v) is 9.83. The standard InChI is InChI=1S/C26H32BrN3O2/c27-22-11-9-20(10-12-22)19-29-17-13-21(14-18-29)25(31)28-24-8-4-3-7-23(24)26(32)30-15-5-1-2-6-16-30/h3-4,7-12,21H,1-2,5-6,13-19H2,(H,28,31). The molecule has 170 valence electrons. The topological polar surface area (TPSA) is 52.7 Å². The number of nitrogens with zero attached hydrogens (tertiary/aromatic N) is 2. The molecule has 0 aliphatic carbocycles. The van der Waals surface area contributed by atoms with E-state index in [0.29, 0.717) is 11.3 Å². The summed E-state index contributed by atoms with van der Waals surface area (Å²) < 4.78 is 1.09. The second-order valence-electron chi connectivity index (χ2n) is 8.92. The van der Waals surface area contributed by atoms with Gasteiger partial charge in [-0.3, -0.25) is 14.5 Å². The molecular weight excluding hydrogens is 466 g/mol. The first kappa shape index (κ1) is 23.0. The average Bonchev–Trinajstić information content (AvgIpc) is 3.11. The molecule has 0 bridgehead atoms. The zero-order valence-corrected chi connectivity index (χ0v) is 20.1. The molecule has 2 saturated heterocycles. The Morgan fingerprint density at radius 3 is 2.22 bits per heavy atom. The van der Waals surface area contributed by atoms with Crippen molar-refractivity contribution < 1.29 is 9.59 Å². The Morgan fingerprint density at radius 2 is 1.53 bits per heavy atom. The molecule has 5 nitrogen and oxygen atoms in total. The van der Waals surface area contributed by atoms with E-state index in [1.165, 1.54) is 18.4 Å². The Hall–Kier alpha value is -2.18. The van der Waals surface area contributed by atoms with E-state index in [4.69, 9.17) is 0 Å². The molecular formula is C26H32BrN3O2. The van der Waals surface area contributed by atoms with E-state index in [0.717, 1.165) is 62.9 Å². The maximum atomic E-state index is 13.1. The van der Waals surface area contributed by atoms with Crippen LogP contribution in [0.15, 0.2) is 53.0 Å². The minimum Gasteiger partial charge on any atom is -0.339 e. The van der Waals surface area contributed by atoms with Crippen LogP contribution >= 0.6 is 15.9 Å². The lowest BCUT2D eigenvalue weighted by molar-refractivity contribution is -0.121. The summed E-state index contributed by atoms with van der Waals surface area (Å²) in [6.45, 7) is 4.33. The van der Waals surface area contributed by atoms with E-state index in [9.17, 15) is 9.59 Å². The van der Waals surface area contributed by atoms with Gasteiger partial charge in [0.2, 0.25) is 5.91 Å². The molecule has 6 heteroatoms. The summed E-state index contributed by atoms with van der Waals surface area (Å²) in [5.41, 5.74) is 2.54. The molecule has 1 N–H and O–H groups in total. The van der Waals surface area contributed by atoms with Gasteiger partial charge in [-0.05, 0) is 68.6 Å².